The van der Waals surface area contributed by atoms with Crippen molar-refractivity contribution in [1.82, 2.24) is 15.1 Å². The lowest BCUT2D eigenvalue weighted by Crippen LogP contribution is -2.29. The van der Waals surface area contributed by atoms with Crippen molar-refractivity contribution in [3.63, 3.8) is 0 Å². The molecule has 1 amide bonds. The van der Waals surface area contributed by atoms with Crippen molar-refractivity contribution in [2.75, 3.05) is 6.54 Å². The molecular weight excluding hydrogens is 351 g/mol. The highest BCUT2D eigenvalue weighted by Crippen LogP contribution is 2.33. The molecule has 112 valence electrons. The normalized spacial score (nSPS) is 11.4. The zero-order valence-corrected chi connectivity index (χ0v) is 12.3. The number of halogens is 4. The van der Waals surface area contributed by atoms with Crippen molar-refractivity contribution in [3.8, 4) is 0 Å². The van der Waals surface area contributed by atoms with Gasteiger partial charge >= 0.3 is 6.18 Å². The van der Waals surface area contributed by atoms with E-state index in [1.165, 1.54) is 6.07 Å². The Balaban J connectivity index is 2.08. The van der Waals surface area contributed by atoms with Crippen LogP contribution >= 0.6 is 15.9 Å². The second-order valence-electron chi connectivity index (χ2n) is 4.21. The topological polar surface area (TPSA) is 46.9 Å². The summed E-state index contributed by atoms with van der Waals surface area (Å²) < 4.78 is 40.6. The number of hydrogen-bond donors (Lipinski definition) is 1. The van der Waals surface area contributed by atoms with E-state index in [0.29, 0.717) is 6.54 Å². The average Bonchev–Trinajstić information content (AvgIpc) is 2.90. The van der Waals surface area contributed by atoms with E-state index < -0.39 is 23.2 Å². The molecule has 2 rings (SSSR count). The van der Waals surface area contributed by atoms with Crippen LogP contribution < -0.4 is 5.32 Å². The number of hydrogen-bond acceptors (Lipinski definition) is 2. The molecule has 2 aromatic rings. The van der Waals surface area contributed by atoms with Crippen LogP contribution in [0.5, 0.6) is 0 Å². The molecular formula is C13H11BrF3N3O. The molecule has 1 aromatic heterocycles. The summed E-state index contributed by atoms with van der Waals surface area (Å²) in [6.07, 6.45) is -1.30. The summed E-state index contributed by atoms with van der Waals surface area (Å²) in [5.74, 6) is -0.762. The van der Waals surface area contributed by atoms with Crippen LogP contribution in [0.4, 0.5) is 13.2 Å². The summed E-state index contributed by atoms with van der Waals surface area (Å²) in [6, 6.07) is 5.16. The number of carbonyl (C=O) groups is 1. The van der Waals surface area contributed by atoms with Gasteiger partial charge in [-0.15, -0.1) is 0 Å². The van der Waals surface area contributed by atoms with Crippen molar-refractivity contribution in [2.45, 2.75) is 12.7 Å². The standard InChI is InChI=1S/C13H11BrF3N3O/c14-9-2-3-10(11(8-9)13(15,16)17)12(21)18-5-7-20-6-1-4-19-20/h1-4,6,8H,5,7H2,(H,18,21). The summed E-state index contributed by atoms with van der Waals surface area (Å²) in [4.78, 5) is 11.9. The fraction of sp³-hybridized carbons (Fsp3) is 0.231. The summed E-state index contributed by atoms with van der Waals surface area (Å²) in [5, 5.41) is 6.39. The Bertz CT molecular complexity index is 626. The fourth-order valence-electron chi connectivity index (χ4n) is 1.76. The van der Waals surface area contributed by atoms with Gasteiger partial charge in [0, 0.05) is 23.4 Å². The van der Waals surface area contributed by atoms with Crippen molar-refractivity contribution < 1.29 is 18.0 Å². The third-order valence-electron chi connectivity index (χ3n) is 2.72. The average molecular weight is 362 g/mol. The van der Waals surface area contributed by atoms with Gasteiger partial charge in [0.1, 0.15) is 0 Å². The van der Waals surface area contributed by atoms with E-state index in [4.69, 9.17) is 0 Å². The molecule has 0 radical (unpaired) electrons. The molecule has 0 unspecified atom stereocenters. The molecule has 0 saturated carbocycles. The molecule has 8 heteroatoms. The van der Waals surface area contributed by atoms with Crippen LogP contribution in [0, 0.1) is 0 Å². The molecule has 0 fully saturated rings. The van der Waals surface area contributed by atoms with Gasteiger partial charge in [0.2, 0.25) is 0 Å². The lowest BCUT2D eigenvalue weighted by molar-refractivity contribution is -0.138. The van der Waals surface area contributed by atoms with E-state index in [0.717, 1.165) is 12.1 Å². The van der Waals surface area contributed by atoms with E-state index in [1.807, 2.05) is 0 Å². The number of nitrogens with zero attached hydrogens (tertiary/aromatic N) is 2. The van der Waals surface area contributed by atoms with Crippen LogP contribution in [-0.4, -0.2) is 22.2 Å². The molecule has 0 spiro atoms. The third kappa shape index (κ3) is 4.07. The number of nitrogens with one attached hydrogen (secondary N) is 1. The summed E-state index contributed by atoms with van der Waals surface area (Å²) in [5.41, 5.74) is -1.36. The summed E-state index contributed by atoms with van der Waals surface area (Å²) >= 11 is 2.97. The highest BCUT2D eigenvalue weighted by molar-refractivity contribution is 9.10. The molecule has 0 atom stereocenters. The van der Waals surface area contributed by atoms with Gasteiger partial charge in [-0.05, 0) is 24.3 Å². The molecule has 0 aliphatic carbocycles. The van der Waals surface area contributed by atoms with E-state index >= 15 is 0 Å². The predicted molar refractivity (Wildman–Crippen MR) is 73.7 cm³/mol. The minimum Gasteiger partial charge on any atom is -0.350 e. The molecule has 0 saturated heterocycles. The lowest BCUT2D eigenvalue weighted by atomic mass is 10.1. The minimum absolute atomic E-state index is 0.188. The maximum atomic E-state index is 12.9. The number of amides is 1. The van der Waals surface area contributed by atoms with Crippen LogP contribution in [-0.2, 0) is 12.7 Å². The van der Waals surface area contributed by atoms with Crippen LogP contribution in [0.3, 0.4) is 0 Å². The molecule has 0 bridgehead atoms. The first-order valence-corrected chi connectivity index (χ1v) is 6.79. The number of carbonyl (C=O) groups excluding carboxylic acids is 1. The first kappa shape index (κ1) is 15.6. The van der Waals surface area contributed by atoms with Gasteiger partial charge in [0.25, 0.3) is 5.91 Å². The van der Waals surface area contributed by atoms with Gasteiger partial charge in [-0.1, -0.05) is 15.9 Å². The Morgan fingerprint density at radius 2 is 2.14 bits per heavy atom. The molecule has 1 aromatic carbocycles. The van der Waals surface area contributed by atoms with Crippen LogP contribution in [0.1, 0.15) is 15.9 Å². The van der Waals surface area contributed by atoms with Gasteiger partial charge in [-0.3, -0.25) is 9.48 Å². The molecule has 4 nitrogen and oxygen atoms in total. The van der Waals surface area contributed by atoms with Crippen LogP contribution in [0.25, 0.3) is 0 Å². The van der Waals surface area contributed by atoms with Crippen LogP contribution in [0.15, 0.2) is 41.1 Å². The number of aromatic nitrogens is 2. The van der Waals surface area contributed by atoms with Gasteiger partial charge in [-0.25, -0.2) is 0 Å². The van der Waals surface area contributed by atoms with Crippen molar-refractivity contribution in [3.05, 3.63) is 52.3 Å². The van der Waals surface area contributed by atoms with Crippen molar-refractivity contribution in [2.24, 2.45) is 0 Å². The smallest absolute Gasteiger partial charge is 0.350 e. The van der Waals surface area contributed by atoms with Gasteiger partial charge in [-0.2, -0.15) is 18.3 Å². The van der Waals surface area contributed by atoms with Crippen LogP contribution in [0.2, 0.25) is 0 Å². The van der Waals surface area contributed by atoms with Crippen molar-refractivity contribution >= 4 is 21.8 Å². The Hall–Kier alpha value is -1.83. The molecule has 0 aliphatic heterocycles. The molecule has 0 aliphatic rings. The predicted octanol–water partition coefficient (Wildman–Crippen LogP) is 3.09. The summed E-state index contributed by atoms with van der Waals surface area (Å²) in [7, 11) is 0. The first-order valence-electron chi connectivity index (χ1n) is 6.00. The molecule has 21 heavy (non-hydrogen) atoms. The van der Waals surface area contributed by atoms with E-state index in [1.54, 1.807) is 23.1 Å². The highest BCUT2D eigenvalue weighted by atomic mass is 79.9. The second-order valence-corrected chi connectivity index (χ2v) is 5.13. The zero-order valence-electron chi connectivity index (χ0n) is 10.7. The Morgan fingerprint density at radius 3 is 2.76 bits per heavy atom. The largest absolute Gasteiger partial charge is 0.417 e. The minimum atomic E-state index is -4.58. The lowest BCUT2D eigenvalue weighted by Gasteiger charge is -2.13. The number of rotatable bonds is 4. The maximum Gasteiger partial charge on any atom is 0.417 e. The first-order chi connectivity index (χ1) is 9.88. The second kappa shape index (κ2) is 6.30. The molecule has 1 heterocycles. The highest BCUT2D eigenvalue weighted by Gasteiger charge is 2.35. The van der Waals surface area contributed by atoms with Gasteiger partial charge < -0.3 is 5.32 Å². The summed E-state index contributed by atoms with van der Waals surface area (Å²) in [6.45, 7) is 0.574. The van der Waals surface area contributed by atoms with Gasteiger partial charge in [0.15, 0.2) is 0 Å². The number of alkyl halides is 3. The van der Waals surface area contributed by atoms with E-state index in [2.05, 4.69) is 26.3 Å². The maximum absolute atomic E-state index is 12.9. The zero-order chi connectivity index (χ0) is 15.5. The molecule has 1 N–H and O–H groups in total. The quantitative estimate of drug-likeness (QED) is 0.909. The monoisotopic (exact) mass is 361 g/mol. The Kier molecular flexibility index (Phi) is 4.66. The van der Waals surface area contributed by atoms with Gasteiger partial charge in [0.05, 0.1) is 17.7 Å². The fourth-order valence-corrected chi connectivity index (χ4v) is 2.12. The number of benzene rings is 1. The van der Waals surface area contributed by atoms with E-state index in [9.17, 15) is 18.0 Å². The van der Waals surface area contributed by atoms with E-state index in [-0.39, 0.29) is 11.0 Å². The third-order valence-corrected chi connectivity index (χ3v) is 3.21. The SMILES string of the molecule is O=C(NCCn1cccn1)c1ccc(Br)cc1C(F)(F)F. The Labute approximate surface area is 127 Å². The van der Waals surface area contributed by atoms with Crippen molar-refractivity contribution in [1.29, 1.82) is 0 Å². The Morgan fingerprint density at radius 1 is 1.38 bits per heavy atom.